The van der Waals surface area contributed by atoms with Crippen molar-refractivity contribution in [2.75, 3.05) is 13.2 Å². The Labute approximate surface area is 115 Å². The minimum absolute atomic E-state index is 0.114. The van der Waals surface area contributed by atoms with Gasteiger partial charge in [-0.15, -0.1) is 5.10 Å². The van der Waals surface area contributed by atoms with Gasteiger partial charge in [0, 0.05) is 11.6 Å². The number of ether oxygens (including phenoxy) is 2. The molecule has 20 heavy (non-hydrogen) atoms. The molecule has 0 aliphatic carbocycles. The van der Waals surface area contributed by atoms with E-state index in [1.807, 2.05) is 53.2 Å². The van der Waals surface area contributed by atoms with Gasteiger partial charge >= 0.3 is 0 Å². The summed E-state index contributed by atoms with van der Waals surface area (Å²) in [5, 5.41) is 4.51. The van der Waals surface area contributed by atoms with Crippen LogP contribution in [0.2, 0.25) is 0 Å². The number of hydrogen-bond donors (Lipinski definition) is 0. The highest BCUT2D eigenvalue weighted by Gasteiger charge is 2.21. The van der Waals surface area contributed by atoms with E-state index in [1.54, 1.807) is 0 Å². The van der Waals surface area contributed by atoms with Gasteiger partial charge in [-0.25, -0.2) is 9.50 Å². The lowest BCUT2D eigenvalue weighted by Crippen LogP contribution is -2.38. The zero-order chi connectivity index (χ0) is 13.4. The van der Waals surface area contributed by atoms with Gasteiger partial charge in [0.1, 0.15) is 6.10 Å². The van der Waals surface area contributed by atoms with Crippen LogP contribution in [0.25, 0.3) is 16.9 Å². The highest BCUT2D eigenvalue weighted by Crippen LogP contribution is 2.21. The summed E-state index contributed by atoms with van der Waals surface area (Å²) in [6.07, 6.45) is 1.94. The molecule has 2 aromatic heterocycles. The minimum Gasteiger partial charge on any atom is -0.468 e. The van der Waals surface area contributed by atoms with Gasteiger partial charge in [-0.05, 0) is 6.07 Å². The van der Waals surface area contributed by atoms with Crippen molar-refractivity contribution in [3.05, 3.63) is 48.7 Å². The van der Waals surface area contributed by atoms with Crippen molar-refractivity contribution in [3.63, 3.8) is 0 Å². The first kappa shape index (κ1) is 11.4. The SMILES string of the molecule is c1ccc(-c2cnc3ccc(OC4COC4)nn23)cc1. The van der Waals surface area contributed by atoms with Crippen LogP contribution in [0.3, 0.4) is 0 Å². The molecule has 0 bridgehead atoms. The van der Waals surface area contributed by atoms with Gasteiger partial charge in [-0.2, -0.15) is 0 Å². The normalized spacial score (nSPS) is 15.2. The average Bonchev–Trinajstić information content (AvgIpc) is 2.87. The second kappa shape index (κ2) is 4.61. The molecule has 0 unspecified atom stereocenters. The maximum absolute atomic E-state index is 5.73. The molecule has 0 radical (unpaired) electrons. The van der Waals surface area contributed by atoms with Crippen molar-refractivity contribution in [2.45, 2.75) is 6.10 Å². The molecular formula is C15H13N3O2. The third-order valence-electron chi connectivity index (χ3n) is 3.30. The molecule has 1 aromatic carbocycles. The summed E-state index contributed by atoms with van der Waals surface area (Å²) in [7, 11) is 0. The molecule has 5 nitrogen and oxygen atoms in total. The standard InChI is InChI=1S/C15H13N3O2/c1-2-4-11(5-3-1)13-8-16-14-6-7-15(17-18(13)14)20-12-9-19-10-12/h1-8,12H,9-10H2. The Morgan fingerprint density at radius 2 is 1.95 bits per heavy atom. The fraction of sp³-hybridized carbons (Fsp3) is 0.200. The molecule has 100 valence electrons. The Kier molecular flexibility index (Phi) is 2.63. The van der Waals surface area contributed by atoms with E-state index in [4.69, 9.17) is 9.47 Å². The highest BCUT2D eigenvalue weighted by molar-refractivity contribution is 5.62. The van der Waals surface area contributed by atoms with Crippen molar-refractivity contribution in [1.82, 2.24) is 14.6 Å². The zero-order valence-corrected chi connectivity index (χ0v) is 10.8. The van der Waals surface area contributed by atoms with Crippen LogP contribution in [-0.4, -0.2) is 33.9 Å². The predicted molar refractivity (Wildman–Crippen MR) is 73.7 cm³/mol. The van der Waals surface area contributed by atoms with E-state index in [9.17, 15) is 0 Å². The summed E-state index contributed by atoms with van der Waals surface area (Å²) in [6.45, 7) is 1.27. The van der Waals surface area contributed by atoms with Crippen molar-refractivity contribution in [1.29, 1.82) is 0 Å². The van der Waals surface area contributed by atoms with Crippen LogP contribution in [0.15, 0.2) is 48.7 Å². The van der Waals surface area contributed by atoms with Crippen LogP contribution in [0, 0.1) is 0 Å². The topological polar surface area (TPSA) is 48.7 Å². The number of benzene rings is 1. The van der Waals surface area contributed by atoms with E-state index in [0.29, 0.717) is 19.1 Å². The quantitative estimate of drug-likeness (QED) is 0.729. The molecule has 0 N–H and O–H groups in total. The summed E-state index contributed by atoms with van der Waals surface area (Å²) >= 11 is 0. The molecule has 4 rings (SSSR count). The lowest BCUT2D eigenvalue weighted by molar-refractivity contribution is -0.0816. The molecule has 1 fully saturated rings. The number of nitrogens with zero attached hydrogens (tertiary/aromatic N) is 3. The van der Waals surface area contributed by atoms with Crippen molar-refractivity contribution >= 4 is 5.65 Å². The summed E-state index contributed by atoms with van der Waals surface area (Å²) in [5.74, 6) is 0.598. The lowest BCUT2D eigenvalue weighted by Gasteiger charge is -2.25. The average molecular weight is 267 g/mol. The summed E-state index contributed by atoms with van der Waals surface area (Å²) < 4.78 is 12.6. The van der Waals surface area contributed by atoms with Crippen LogP contribution < -0.4 is 4.74 Å². The predicted octanol–water partition coefficient (Wildman–Crippen LogP) is 2.17. The molecule has 0 saturated carbocycles. The molecule has 1 saturated heterocycles. The first-order valence-corrected chi connectivity index (χ1v) is 6.55. The Morgan fingerprint density at radius 1 is 1.10 bits per heavy atom. The third-order valence-corrected chi connectivity index (χ3v) is 3.30. The van der Waals surface area contributed by atoms with Gasteiger partial charge in [0.15, 0.2) is 5.65 Å². The third kappa shape index (κ3) is 1.92. The molecule has 1 aliphatic heterocycles. The molecule has 0 atom stereocenters. The monoisotopic (exact) mass is 267 g/mol. The molecular weight excluding hydrogens is 254 g/mol. The van der Waals surface area contributed by atoms with Crippen LogP contribution >= 0.6 is 0 Å². The van der Waals surface area contributed by atoms with Crippen LogP contribution in [0.1, 0.15) is 0 Å². The molecule has 3 heterocycles. The van der Waals surface area contributed by atoms with Crippen LogP contribution in [0.5, 0.6) is 5.88 Å². The molecule has 1 aliphatic rings. The number of aromatic nitrogens is 3. The van der Waals surface area contributed by atoms with Gasteiger partial charge in [0.05, 0.1) is 25.1 Å². The van der Waals surface area contributed by atoms with E-state index < -0.39 is 0 Å². The fourth-order valence-electron chi connectivity index (χ4n) is 2.18. The number of imidazole rings is 1. The van der Waals surface area contributed by atoms with Crippen molar-refractivity contribution in [2.24, 2.45) is 0 Å². The number of fused-ring (bicyclic) bond motifs is 1. The van der Waals surface area contributed by atoms with E-state index in [2.05, 4.69) is 10.1 Å². The van der Waals surface area contributed by atoms with Gasteiger partial charge in [-0.1, -0.05) is 30.3 Å². The molecule has 5 heteroatoms. The first-order chi connectivity index (χ1) is 9.90. The van der Waals surface area contributed by atoms with E-state index in [-0.39, 0.29) is 6.10 Å². The Morgan fingerprint density at radius 3 is 2.70 bits per heavy atom. The van der Waals surface area contributed by atoms with Gasteiger partial charge in [0.25, 0.3) is 0 Å². The fourth-order valence-corrected chi connectivity index (χ4v) is 2.18. The first-order valence-electron chi connectivity index (χ1n) is 6.55. The Bertz CT molecular complexity index is 735. The van der Waals surface area contributed by atoms with Gasteiger partial charge in [-0.3, -0.25) is 0 Å². The van der Waals surface area contributed by atoms with E-state index in [1.165, 1.54) is 0 Å². The molecule has 0 amide bonds. The van der Waals surface area contributed by atoms with Gasteiger partial charge < -0.3 is 9.47 Å². The maximum atomic E-state index is 5.73. The lowest BCUT2D eigenvalue weighted by atomic mass is 10.2. The minimum atomic E-state index is 0.114. The van der Waals surface area contributed by atoms with Crippen molar-refractivity contribution < 1.29 is 9.47 Å². The van der Waals surface area contributed by atoms with Crippen LogP contribution in [0.4, 0.5) is 0 Å². The largest absolute Gasteiger partial charge is 0.468 e. The number of rotatable bonds is 3. The second-order valence-corrected chi connectivity index (χ2v) is 4.73. The second-order valence-electron chi connectivity index (χ2n) is 4.73. The van der Waals surface area contributed by atoms with Crippen molar-refractivity contribution in [3.8, 4) is 17.1 Å². The molecule has 0 spiro atoms. The van der Waals surface area contributed by atoms with E-state index >= 15 is 0 Å². The van der Waals surface area contributed by atoms with Crippen LogP contribution in [-0.2, 0) is 4.74 Å². The van der Waals surface area contributed by atoms with Gasteiger partial charge in [0.2, 0.25) is 5.88 Å². The zero-order valence-electron chi connectivity index (χ0n) is 10.8. The Hall–Kier alpha value is -2.40. The summed E-state index contributed by atoms with van der Waals surface area (Å²) in [5.41, 5.74) is 2.84. The maximum Gasteiger partial charge on any atom is 0.232 e. The highest BCUT2D eigenvalue weighted by atomic mass is 16.6. The smallest absolute Gasteiger partial charge is 0.232 e. The summed E-state index contributed by atoms with van der Waals surface area (Å²) in [4.78, 5) is 4.37. The molecule has 3 aromatic rings. The Balaban J connectivity index is 1.76. The summed E-state index contributed by atoms with van der Waals surface area (Å²) in [6, 6.07) is 13.8. The number of hydrogen-bond acceptors (Lipinski definition) is 4. The van der Waals surface area contributed by atoms with E-state index in [0.717, 1.165) is 16.9 Å².